The van der Waals surface area contributed by atoms with Crippen LogP contribution in [0.5, 0.6) is 0 Å². The minimum Gasteiger partial charge on any atom is -0.466 e. The monoisotopic (exact) mass is 172 g/mol. The summed E-state index contributed by atoms with van der Waals surface area (Å²) >= 11 is 0. The van der Waals surface area contributed by atoms with Crippen molar-refractivity contribution < 1.29 is 14.6 Å². The predicted molar refractivity (Wildman–Crippen MR) is 46.6 cm³/mol. The summed E-state index contributed by atoms with van der Waals surface area (Å²) in [6.07, 6.45) is 1.98. The Bertz CT molecular complexity index is 171. The Morgan fingerprint density at radius 2 is 2.17 bits per heavy atom. The molecule has 0 amide bonds. The summed E-state index contributed by atoms with van der Waals surface area (Å²) in [4.78, 5) is 10.8. The highest BCUT2D eigenvalue weighted by Gasteiger charge is 2.05. The van der Waals surface area contributed by atoms with Crippen LogP contribution in [0, 0.1) is 5.92 Å². The molecule has 0 rings (SSSR count). The zero-order valence-electron chi connectivity index (χ0n) is 7.83. The van der Waals surface area contributed by atoms with Gasteiger partial charge in [-0.3, -0.25) is 0 Å². The molecule has 0 heterocycles. The van der Waals surface area contributed by atoms with Crippen LogP contribution in [-0.4, -0.2) is 24.8 Å². The van der Waals surface area contributed by atoms with Crippen molar-refractivity contribution in [3.8, 4) is 0 Å². The van der Waals surface area contributed by atoms with Gasteiger partial charge in [0.15, 0.2) is 0 Å². The third-order valence-electron chi connectivity index (χ3n) is 1.65. The van der Waals surface area contributed by atoms with Gasteiger partial charge in [-0.05, 0) is 12.3 Å². The average molecular weight is 172 g/mol. The van der Waals surface area contributed by atoms with Crippen LogP contribution in [0.1, 0.15) is 20.3 Å². The highest BCUT2D eigenvalue weighted by Crippen LogP contribution is 2.12. The van der Waals surface area contributed by atoms with Crippen LogP contribution in [0.4, 0.5) is 0 Å². The van der Waals surface area contributed by atoms with Gasteiger partial charge in [0.25, 0.3) is 0 Å². The van der Waals surface area contributed by atoms with Crippen LogP contribution < -0.4 is 0 Å². The molecule has 0 radical (unpaired) electrons. The third kappa shape index (κ3) is 4.13. The Kier molecular flexibility index (Phi) is 5.37. The molecule has 12 heavy (non-hydrogen) atoms. The lowest BCUT2D eigenvalue weighted by atomic mass is 10.0. The van der Waals surface area contributed by atoms with Crippen molar-refractivity contribution in [2.45, 2.75) is 20.3 Å². The number of esters is 1. The highest BCUT2D eigenvalue weighted by atomic mass is 16.5. The van der Waals surface area contributed by atoms with E-state index in [1.807, 2.05) is 13.8 Å². The Morgan fingerprint density at radius 3 is 2.50 bits per heavy atom. The summed E-state index contributed by atoms with van der Waals surface area (Å²) in [7, 11) is 1.34. The second kappa shape index (κ2) is 5.77. The predicted octanol–water partition coefficient (Wildman–Crippen LogP) is 1.12. The number of hydrogen-bond acceptors (Lipinski definition) is 3. The van der Waals surface area contributed by atoms with Crippen molar-refractivity contribution in [3.63, 3.8) is 0 Å². The molecule has 0 unspecified atom stereocenters. The smallest absolute Gasteiger partial charge is 0.330 e. The number of methoxy groups -OCH3 is 1. The van der Waals surface area contributed by atoms with Gasteiger partial charge in [0.1, 0.15) is 0 Å². The molecule has 0 bridgehead atoms. The molecule has 0 aliphatic rings. The molecule has 0 aliphatic carbocycles. The lowest BCUT2D eigenvalue weighted by Crippen LogP contribution is -2.03. The number of carbonyl (C=O) groups is 1. The van der Waals surface area contributed by atoms with Gasteiger partial charge < -0.3 is 9.84 Å². The quantitative estimate of drug-likeness (QED) is 0.510. The minimum absolute atomic E-state index is 0.0704. The number of carbonyl (C=O) groups excluding carboxylic acids is 1. The first-order valence-electron chi connectivity index (χ1n) is 4.01. The number of rotatable bonds is 4. The second-order valence-corrected chi connectivity index (χ2v) is 2.87. The zero-order chi connectivity index (χ0) is 9.56. The normalized spacial score (nSPS) is 11.9. The van der Waals surface area contributed by atoms with Crippen molar-refractivity contribution in [3.05, 3.63) is 11.6 Å². The maximum absolute atomic E-state index is 10.8. The molecule has 0 saturated carbocycles. The van der Waals surface area contributed by atoms with Crippen molar-refractivity contribution in [2.24, 2.45) is 5.92 Å². The van der Waals surface area contributed by atoms with Crippen molar-refractivity contribution in [1.82, 2.24) is 0 Å². The Balaban J connectivity index is 4.27. The van der Waals surface area contributed by atoms with E-state index in [2.05, 4.69) is 4.74 Å². The van der Waals surface area contributed by atoms with Crippen LogP contribution in [0.3, 0.4) is 0 Å². The molecule has 0 aromatic carbocycles. The molecule has 0 aliphatic heterocycles. The first-order valence-corrected chi connectivity index (χ1v) is 4.01. The van der Waals surface area contributed by atoms with Crippen molar-refractivity contribution >= 4 is 5.97 Å². The van der Waals surface area contributed by atoms with E-state index < -0.39 is 0 Å². The van der Waals surface area contributed by atoms with Gasteiger partial charge in [0, 0.05) is 12.7 Å². The molecule has 0 saturated heterocycles. The van der Waals surface area contributed by atoms with Crippen molar-refractivity contribution in [1.29, 1.82) is 0 Å². The Morgan fingerprint density at radius 1 is 1.58 bits per heavy atom. The molecule has 0 aromatic rings. The van der Waals surface area contributed by atoms with E-state index in [0.717, 1.165) is 5.57 Å². The maximum atomic E-state index is 10.8. The number of ether oxygens (including phenoxy) is 1. The summed E-state index contributed by atoms with van der Waals surface area (Å²) in [5, 5.41) is 8.68. The molecule has 0 fully saturated rings. The molecular formula is C9H16O3. The van der Waals surface area contributed by atoms with Gasteiger partial charge in [-0.2, -0.15) is 0 Å². The first kappa shape index (κ1) is 11.2. The largest absolute Gasteiger partial charge is 0.466 e. The SMILES string of the molecule is COC(=O)/C=C(/CCO)C(C)C. The lowest BCUT2D eigenvalue weighted by molar-refractivity contribution is -0.134. The fourth-order valence-electron chi connectivity index (χ4n) is 0.867. The summed E-state index contributed by atoms with van der Waals surface area (Å²) < 4.78 is 4.48. The fourth-order valence-corrected chi connectivity index (χ4v) is 0.867. The molecule has 3 heteroatoms. The van der Waals surface area contributed by atoms with E-state index in [0.29, 0.717) is 6.42 Å². The third-order valence-corrected chi connectivity index (χ3v) is 1.65. The van der Waals surface area contributed by atoms with E-state index in [1.54, 1.807) is 0 Å². The zero-order valence-corrected chi connectivity index (χ0v) is 7.83. The summed E-state index contributed by atoms with van der Waals surface area (Å²) in [5.74, 6) is -0.0802. The molecular weight excluding hydrogens is 156 g/mol. The fraction of sp³-hybridized carbons (Fsp3) is 0.667. The van der Waals surface area contributed by atoms with E-state index in [1.165, 1.54) is 13.2 Å². The molecule has 1 N–H and O–H groups in total. The lowest BCUT2D eigenvalue weighted by Gasteiger charge is -2.08. The van der Waals surface area contributed by atoms with Crippen LogP contribution in [0.2, 0.25) is 0 Å². The second-order valence-electron chi connectivity index (χ2n) is 2.87. The summed E-state index contributed by atoms with van der Waals surface area (Å²) in [6.45, 7) is 4.02. The van der Waals surface area contributed by atoms with E-state index in [-0.39, 0.29) is 18.5 Å². The highest BCUT2D eigenvalue weighted by molar-refractivity contribution is 5.82. The molecule has 0 atom stereocenters. The molecule has 70 valence electrons. The van der Waals surface area contributed by atoms with Gasteiger partial charge >= 0.3 is 5.97 Å². The van der Waals surface area contributed by atoms with Crippen LogP contribution in [-0.2, 0) is 9.53 Å². The summed E-state index contributed by atoms with van der Waals surface area (Å²) in [5.41, 5.74) is 0.921. The van der Waals surface area contributed by atoms with Gasteiger partial charge in [-0.1, -0.05) is 19.4 Å². The van der Waals surface area contributed by atoms with Crippen molar-refractivity contribution in [2.75, 3.05) is 13.7 Å². The van der Waals surface area contributed by atoms with Gasteiger partial charge in [-0.15, -0.1) is 0 Å². The van der Waals surface area contributed by atoms with Crippen LogP contribution in [0.15, 0.2) is 11.6 Å². The minimum atomic E-state index is -0.354. The number of aliphatic hydroxyl groups excluding tert-OH is 1. The van der Waals surface area contributed by atoms with E-state index in [4.69, 9.17) is 5.11 Å². The average Bonchev–Trinajstić information content (AvgIpc) is 2.03. The standard InChI is InChI=1S/C9H16O3/c1-7(2)8(4-5-10)6-9(11)12-3/h6-7,10H,4-5H2,1-3H3/b8-6-. The van der Waals surface area contributed by atoms with E-state index >= 15 is 0 Å². The Hall–Kier alpha value is -0.830. The van der Waals surface area contributed by atoms with Crippen LogP contribution in [0.25, 0.3) is 0 Å². The molecule has 0 spiro atoms. The van der Waals surface area contributed by atoms with Gasteiger partial charge in [0.2, 0.25) is 0 Å². The number of hydrogen-bond donors (Lipinski definition) is 1. The number of aliphatic hydroxyl groups is 1. The molecule has 0 aromatic heterocycles. The van der Waals surface area contributed by atoms with Gasteiger partial charge in [0.05, 0.1) is 7.11 Å². The Labute approximate surface area is 73.0 Å². The van der Waals surface area contributed by atoms with Crippen LogP contribution >= 0.6 is 0 Å². The maximum Gasteiger partial charge on any atom is 0.330 e. The molecule has 3 nitrogen and oxygen atoms in total. The topological polar surface area (TPSA) is 46.5 Å². The van der Waals surface area contributed by atoms with E-state index in [9.17, 15) is 4.79 Å². The van der Waals surface area contributed by atoms with Gasteiger partial charge in [-0.25, -0.2) is 4.79 Å². The summed E-state index contributed by atoms with van der Waals surface area (Å²) in [6, 6.07) is 0. The first-order chi connectivity index (χ1) is 5.61.